The van der Waals surface area contributed by atoms with Crippen molar-refractivity contribution in [1.82, 2.24) is 5.16 Å². The van der Waals surface area contributed by atoms with Gasteiger partial charge in [0.2, 0.25) is 0 Å². The standard InChI is InChI=1S/C11H9ClN2O2S/c1-7-6-11(14-16-7)13-5-4-8(15)9-2-3-10(12)17-9/h2-6H,1H3,(H,13,14)/b5-4+. The van der Waals surface area contributed by atoms with E-state index in [1.165, 1.54) is 23.6 Å². The highest BCUT2D eigenvalue weighted by atomic mass is 35.5. The summed E-state index contributed by atoms with van der Waals surface area (Å²) >= 11 is 6.99. The molecule has 2 aromatic rings. The average molecular weight is 269 g/mol. The summed E-state index contributed by atoms with van der Waals surface area (Å²) in [4.78, 5) is 12.2. The van der Waals surface area contributed by atoms with Crippen LogP contribution in [0.25, 0.3) is 0 Å². The summed E-state index contributed by atoms with van der Waals surface area (Å²) in [6.45, 7) is 1.79. The summed E-state index contributed by atoms with van der Waals surface area (Å²) in [5, 5.41) is 6.56. The number of anilines is 1. The average Bonchev–Trinajstić information content (AvgIpc) is 2.88. The summed E-state index contributed by atoms with van der Waals surface area (Å²) in [5.74, 6) is 1.17. The number of nitrogens with zero attached hydrogens (tertiary/aromatic N) is 1. The van der Waals surface area contributed by atoms with Gasteiger partial charge in [0.05, 0.1) is 9.21 Å². The van der Waals surface area contributed by atoms with E-state index in [-0.39, 0.29) is 5.78 Å². The van der Waals surface area contributed by atoms with Crippen molar-refractivity contribution in [3.63, 3.8) is 0 Å². The highest BCUT2D eigenvalue weighted by Crippen LogP contribution is 2.21. The minimum absolute atomic E-state index is 0.102. The number of aryl methyl sites for hydroxylation is 1. The number of allylic oxidation sites excluding steroid dienone is 1. The molecule has 0 aliphatic carbocycles. The largest absolute Gasteiger partial charge is 0.360 e. The molecule has 0 spiro atoms. The lowest BCUT2D eigenvalue weighted by atomic mass is 10.3. The molecule has 2 heterocycles. The number of halogens is 1. The van der Waals surface area contributed by atoms with E-state index < -0.39 is 0 Å². The fraction of sp³-hybridized carbons (Fsp3) is 0.0909. The Morgan fingerprint density at radius 1 is 1.59 bits per heavy atom. The minimum Gasteiger partial charge on any atom is -0.360 e. The number of ketones is 1. The molecular formula is C11H9ClN2O2S. The minimum atomic E-state index is -0.102. The number of thiophene rings is 1. The fourth-order valence-electron chi connectivity index (χ4n) is 1.17. The van der Waals surface area contributed by atoms with Gasteiger partial charge in [0.1, 0.15) is 5.76 Å². The summed E-state index contributed by atoms with van der Waals surface area (Å²) < 4.78 is 5.46. The molecule has 2 rings (SSSR count). The number of rotatable bonds is 4. The lowest BCUT2D eigenvalue weighted by Gasteiger charge is -1.91. The van der Waals surface area contributed by atoms with Gasteiger partial charge < -0.3 is 9.84 Å². The van der Waals surface area contributed by atoms with Gasteiger partial charge in [0, 0.05) is 18.3 Å². The van der Waals surface area contributed by atoms with Crippen molar-refractivity contribution in [2.75, 3.05) is 5.32 Å². The Balaban J connectivity index is 1.95. The molecule has 0 saturated carbocycles. The van der Waals surface area contributed by atoms with Gasteiger partial charge in [0.15, 0.2) is 11.6 Å². The normalized spacial score (nSPS) is 10.9. The molecule has 0 unspecified atom stereocenters. The Kier molecular flexibility index (Phi) is 3.61. The fourth-order valence-corrected chi connectivity index (χ4v) is 2.13. The zero-order chi connectivity index (χ0) is 12.3. The van der Waals surface area contributed by atoms with Crippen molar-refractivity contribution < 1.29 is 9.32 Å². The molecule has 0 aromatic carbocycles. The molecule has 6 heteroatoms. The maximum atomic E-state index is 11.6. The molecule has 0 saturated heterocycles. The van der Waals surface area contributed by atoms with Crippen LogP contribution in [0.15, 0.2) is 35.0 Å². The molecule has 2 aromatic heterocycles. The van der Waals surface area contributed by atoms with Gasteiger partial charge in [-0.2, -0.15) is 0 Å². The molecule has 17 heavy (non-hydrogen) atoms. The maximum Gasteiger partial charge on any atom is 0.197 e. The summed E-state index contributed by atoms with van der Waals surface area (Å²) in [6, 6.07) is 5.12. The van der Waals surface area contributed by atoms with Crippen molar-refractivity contribution in [1.29, 1.82) is 0 Å². The van der Waals surface area contributed by atoms with Crippen LogP contribution in [0.1, 0.15) is 15.4 Å². The highest BCUT2D eigenvalue weighted by Gasteiger charge is 2.04. The first-order valence-corrected chi connectivity index (χ1v) is 6.00. The molecule has 4 nitrogen and oxygen atoms in total. The van der Waals surface area contributed by atoms with Gasteiger partial charge in [-0.3, -0.25) is 4.79 Å². The monoisotopic (exact) mass is 268 g/mol. The molecule has 0 amide bonds. The predicted molar refractivity (Wildman–Crippen MR) is 67.7 cm³/mol. The van der Waals surface area contributed by atoms with E-state index in [1.54, 1.807) is 25.1 Å². The lowest BCUT2D eigenvalue weighted by molar-refractivity contribution is 0.105. The number of carbonyl (C=O) groups excluding carboxylic acids is 1. The van der Waals surface area contributed by atoms with Gasteiger partial charge in [-0.1, -0.05) is 16.8 Å². The molecular weight excluding hydrogens is 260 g/mol. The third kappa shape index (κ3) is 3.18. The molecule has 0 fully saturated rings. The van der Waals surface area contributed by atoms with Crippen LogP contribution in [0.3, 0.4) is 0 Å². The smallest absolute Gasteiger partial charge is 0.197 e. The van der Waals surface area contributed by atoms with Gasteiger partial charge in [-0.15, -0.1) is 11.3 Å². The topological polar surface area (TPSA) is 55.1 Å². The van der Waals surface area contributed by atoms with Crippen LogP contribution in [0.4, 0.5) is 5.82 Å². The van der Waals surface area contributed by atoms with Crippen LogP contribution in [0.2, 0.25) is 4.34 Å². The van der Waals surface area contributed by atoms with Gasteiger partial charge in [-0.05, 0) is 19.1 Å². The second kappa shape index (κ2) is 5.16. The lowest BCUT2D eigenvalue weighted by Crippen LogP contribution is -1.93. The van der Waals surface area contributed by atoms with Crippen LogP contribution < -0.4 is 5.32 Å². The van der Waals surface area contributed by atoms with Crippen molar-refractivity contribution in [3.8, 4) is 0 Å². The van der Waals surface area contributed by atoms with Gasteiger partial charge in [0.25, 0.3) is 0 Å². The summed E-state index contributed by atoms with van der Waals surface area (Å²) in [5.41, 5.74) is 0. The Morgan fingerprint density at radius 2 is 2.41 bits per heavy atom. The zero-order valence-corrected chi connectivity index (χ0v) is 10.5. The molecule has 88 valence electrons. The maximum absolute atomic E-state index is 11.6. The van der Waals surface area contributed by atoms with Crippen molar-refractivity contribution in [2.45, 2.75) is 6.92 Å². The van der Waals surface area contributed by atoms with Gasteiger partial charge >= 0.3 is 0 Å². The quantitative estimate of drug-likeness (QED) is 0.681. The van der Waals surface area contributed by atoms with E-state index in [0.717, 1.165) is 0 Å². The zero-order valence-electron chi connectivity index (χ0n) is 8.94. The molecule has 1 N–H and O–H groups in total. The Morgan fingerprint density at radius 3 is 3.00 bits per heavy atom. The van der Waals surface area contributed by atoms with E-state index >= 15 is 0 Å². The second-order valence-electron chi connectivity index (χ2n) is 3.27. The third-order valence-corrected chi connectivity index (χ3v) is 3.16. The van der Waals surface area contributed by atoms with Crippen LogP contribution in [-0.2, 0) is 0 Å². The van der Waals surface area contributed by atoms with Crippen LogP contribution in [-0.4, -0.2) is 10.9 Å². The van der Waals surface area contributed by atoms with Crippen LogP contribution >= 0.6 is 22.9 Å². The number of aromatic nitrogens is 1. The van der Waals surface area contributed by atoms with E-state index in [0.29, 0.717) is 20.8 Å². The summed E-state index contributed by atoms with van der Waals surface area (Å²) in [6.07, 6.45) is 2.94. The predicted octanol–water partition coefficient (Wildman–Crippen LogP) is 3.51. The number of hydrogen-bond acceptors (Lipinski definition) is 5. The van der Waals surface area contributed by atoms with Crippen molar-refractivity contribution in [2.24, 2.45) is 0 Å². The number of carbonyl (C=O) groups is 1. The van der Waals surface area contributed by atoms with E-state index in [1.807, 2.05) is 0 Å². The third-order valence-electron chi connectivity index (χ3n) is 1.91. The highest BCUT2D eigenvalue weighted by molar-refractivity contribution is 7.18. The molecule has 0 aliphatic rings. The Labute approximate surface area is 107 Å². The van der Waals surface area contributed by atoms with Crippen LogP contribution in [0, 0.1) is 6.92 Å². The Bertz CT molecular complexity index is 559. The first kappa shape index (κ1) is 11.9. The van der Waals surface area contributed by atoms with Crippen molar-refractivity contribution in [3.05, 3.63) is 45.4 Å². The van der Waals surface area contributed by atoms with Crippen LogP contribution in [0.5, 0.6) is 0 Å². The van der Waals surface area contributed by atoms with E-state index in [2.05, 4.69) is 10.5 Å². The first-order valence-electron chi connectivity index (χ1n) is 4.81. The van der Waals surface area contributed by atoms with E-state index in [9.17, 15) is 4.79 Å². The molecule has 0 bridgehead atoms. The van der Waals surface area contributed by atoms with Gasteiger partial charge in [-0.25, -0.2) is 0 Å². The Hall–Kier alpha value is -1.59. The van der Waals surface area contributed by atoms with E-state index in [4.69, 9.17) is 16.1 Å². The molecule has 0 aliphatic heterocycles. The first-order chi connectivity index (χ1) is 8.15. The number of hydrogen-bond donors (Lipinski definition) is 1. The molecule has 0 radical (unpaired) electrons. The van der Waals surface area contributed by atoms with Crippen molar-refractivity contribution >= 4 is 34.5 Å². The SMILES string of the molecule is Cc1cc(N/C=C/C(=O)c2ccc(Cl)s2)no1. The number of nitrogens with one attached hydrogen (secondary N) is 1. The second-order valence-corrected chi connectivity index (χ2v) is 4.98. The molecule has 0 atom stereocenters. The summed E-state index contributed by atoms with van der Waals surface area (Å²) in [7, 11) is 0.